The third-order valence-corrected chi connectivity index (χ3v) is 2.24. The van der Waals surface area contributed by atoms with Crippen molar-refractivity contribution in [3.05, 3.63) is 0 Å². The van der Waals surface area contributed by atoms with Gasteiger partial charge in [0.05, 0.1) is 0 Å². The quantitative estimate of drug-likeness (QED) is 0.735. The predicted molar refractivity (Wildman–Crippen MR) is 53.4 cm³/mol. The van der Waals surface area contributed by atoms with Crippen LogP contribution in [0.4, 0.5) is 4.79 Å². The minimum atomic E-state index is -0.697. The van der Waals surface area contributed by atoms with Crippen molar-refractivity contribution in [2.45, 2.75) is 53.1 Å². The highest BCUT2D eigenvalue weighted by molar-refractivity contribution is 5.65. The van der Waals surface area contributed by atoms with E-state index in [-0.39, 0.29) is 5.41 Å². The van der Waals surface area contributed by atoms with E-state index in [9.17, 15) is 4.79 Å². The largest absolute Gasteiger partial charge is 0.444 e. The highest BCUT2D eigenvalue weighted by atomic mass is 16.6. The molecule has 13 heavy (non-hydrogen) atoms. The van der Waals surface area contributed by atoms with Crippen molar-refractivity contribution < 1.29 is 9.53 Å². The van der Waals surface area contributed by atoms with Gasteiger partial charge in [-0.25, -0.2) is 4.79 Å². The number of carbonyl (C=O) groups is 1. The summed E-state index contributed by atoms with van der Waals surface area (Å²) in [7, 11) is 0. The number of ether oxygens (including phenoxy) is 1. The molecule has 0 atom stereocenters. The first-order chi connectivity index (χ1) is 5.68. The van der Waals surface area contributed by atoms with E-state index >= 15 is 0 Å². The lowest BCUT2D eigenvalue weighted by Crippen LogP contribution is -2.35. The Morgan fingerprint density at radius 2 is 1.77 bits per heavy atom. The van der Waals surface area contributed by atoms with Crippen molar-refractivity contribution in [1.29, 1.82) is 0 Å². The first kappa shape index (κ1) is 12.3. The summed E-state index contributed by atoms with van der Waals surface area (Å²) in [6.07, 6.45) is 1.18. The van der Waals surface area contributed by atoms with Crippen molar-refractivity contribution in [3.8, 4) is 0 Å². The van der Waals surface area contributed by atoms with Crippen LogP contribution in [0.1, 0.15) is 47.5 Å². The van der Waals surface area contributed by atoms with Crippen LogP contribution in [0.3, 0.4) is 0 Å². The molecular formula is C10H21NO2. The molecule has 3 nitrogen and oxygen atoms in total. The molecule has 0 aliphatic heterocycles. The molecule has 0 aromatic heterocycles. The zero-order chi connectivity index (χ0) is 10.7. The second kappa shape index (κ2) is 3.99. The summed E-state index contributed by atoms with van der Waals surface area (Å²) in [5.74, 6) is 0. The minimum Gasteiger partial charge on any atom is -0.444 e. The van der Waals surface area contributed by atoms with Crippen molar-refractivity contribution in [1.82, 2.24) is 0 Å². The molecule has 0 aliphatic rings. The van der Waals surface area contributed by atoms with Gasteiger partial charge in [0.25, 0.3) is 0 Å². The van der Waals surface area contributed by atoms with Crippen LogP contribution in [0.25, 0.3) is 0 Å². The third kappa shape index (κ3) is 5.50. The summed E-state index contributed by atoms with van der Waals surface area (Å²) in [6, 6.07) is 0. The minimum absolute atomic E-state index is 0.180. The van der Waals surface area contributed by atoms with Crippen LogP contribution in [-0.4, -0.2) is 11.7 Å². The van der Waals surface area contributed by atoms with Crippen molar-refractivity contribution in [2.75, 3.05) is 0 Å². The molecule has 78 valence electrons. The zero-order valence-electron chi connectivity index (χ0n) is 9.31. The molecule has 3 heteroatoms. The standard InChI is InChI=1S/C10H21NO2/c1-6-9(2,3)7-10(4,5)13-8(11)12/h6-7H2,1-5H3,(H2,11,12). The number of nitrogens with two attached hydrogens (primary N) is 1. The number of hydrogen-bond donors (Lipinski definition) is 1. The topological polar surface area (TPSA) is 52.3 Å². The normalized spacial score (nSPS) is 12.7. The Morgan fingerprint density at radius 1 is 1.31 bits per heavy atom. The molecule has 0 spiro atoms. The van der Waals surface area contributed by atoms with Crippen molar-refractivity contribution in [2.24, 2.45) is 11.1 Å². The number of hydrogen-bond acceptors (Lipinski definition) is 2. The lowest BCUT2D eigenvalue weighted by Gasteiger charge is -2.33. The molecule has 0 aromatic carbocycles. The second-order valence-corrected chi connectivity index (χ2v) is 4.88. The Kier molecular flexibility index (Phi) is 3.76. The zero-order valence-corrected chi connectivity index (χ0v) is 9.31. The van der Waals surface area contributed by atoms with Crippen LogP contribution in [0.5, 0.6) is 0 Å². The van der Waals surface area contributed by atoms with E-state index in [0.717, 1.165) is 12.8 Å². The molecule has 0 fully saturated rings. The summed E-state index contributed by atoms with van der Waals surface area (Å²) >= 11 is 0. The first-order valence-electron chi connectivity index (χ1n) is 4.67. The summed E-state index contributed by atoms with van der Waals surface area (Å²) in [5.41, 5.74) is 4.69. The number of primary amides is 1. The number of rotatable bonds is 4. The van der Waals surface area contributed by atoms with E-state index in [1.54, 1.807) is 0 Å². The molecule has 0 unspecified atom stereocenters. The first-order valence-corrected chi connectivity index (χ1v) is 4.67. The summed E-state index contributed by atoms with van der Waals surface area (Å²) < 4.78 is 5.01. The summed E-state index contributed by atoms with van der Waals surface area (Å²) in [4.78, 5) is 10.6. The lowest BCUT2D eigenvalue weighted by molar-refractivity contribution is 0.0109. The van der Waals surface area contributed by atoms with Gasteiger partial charge in [-0.3, -0.25) is 0 Å². The van der Waals surface area contributed by atoms with E-state index < -0.39 is 11.7 Å². The third-order valence-electron chi connectivity index (χ3n) is 2.24. The monoisotopic (exact) mass is 187 g/mol. The fourth-order valence-corrected chi connectivity index (χ4v) is 1.59. The fraction of sp³-hybridized carbons (Fsp3) is 0.900. The smallest absolute Gasteiger partial charge is 0.405 e. The Morgan fingerprint density at radius 3 is 2.08 bits per heavy atom. The van der Waals surface area contributed by atoms with Gasteiger partial charge < -0.3 is 10.5 Å². The molecular weight excluding hydrogens is 166 g/mol. The fourth-order valence-electron chi connectivity index (χ4n) is 1.59. The van der Waals surface area contributed by atoms with E-state index in [4.69, 9.17) is 10.5 Å². The number of carbonyl (C=O) groups excluding carboxylic acids is 1. The highest BCUT2D eigenvalue weighted by Gasteiger charge is 2.30. The van der Waals surface area contributed by atoms with Crippen LogP contribution < -0.4 is 5.73 Å². The van der Waals surface area contributed by atoms with Crippen LogP contribution in [0.15, 0.2) is 0 Å². The Hall–Kier alpha value is -0.730. The Bertz CT molecular complexity index is 185. The maximum Gasteiger partial charge on any atom is 0.405 e. The lowest BCUT2D eigenvalue weighted by atomic mass is 9.80. The highest BCUT2D eigenvalue weighted by Crippen LogP contribution is 2.32. The van der Waals surface area contributed by atoms with E-state index in [2.05, 4.69) is 20.8 Å². The van der Waals surface area contributed by atoms with Gasteiger partial charge in [-0.2, -0.15) is 0 Å². The van der Waals surface area contributed by atoms with Crippen LogP contribution in [0, 0.1) is 5.41 Å². The van der Waals surface area contributed by atoms with Crippen molar-refractivity contribution >= 4 is 6.09 Å². The maximum atomic E-state index is 10.6. The molecule has 0 saturated heterocycles. The molecule has 2 N–H and O–H groups in total. The van der Waals surface area contributed by atoms with E-state index in [1.807, 2.05) is 13.8 Å². The summed E-state index contributed by atoms with van der Waals surface area (Å²) in [6.45, 7) is 10.2. The van der Waals surface area contributed by atoms with Crippen LogP contribution in [0.2, 0.25) is 0 Å². The van der Waals surface area contributed by atoms with Gasteiger partial charge in [0, 0.05) is 0 Å². The van der Waals surface area contributed by atoms with Gasteiger partial charge in [-0.15, -0.1) is 0 Å². The van der Waals surface area contributed by atoms with Gasteiger partial charge in [-0.1, -0.05) is 27.2 Å². The molecule has 0 saturated carbocycles. The number of amides is 1. The van der Waals surface area contributed by atoms with E-state index in [1.165, 1.54) is 0 Å². The van der Waals surface area contributed by atoms with Gasteiger partial charge in [0.1, 0.15) is 5.60 Å². The molecule has 0 radical (unpaired) electrons. The predicted octanol–water partition coefficient (Wildman–Crippen LogP) is 2.69. The summed E-state index contributed by atoms with van der Waals surface area (Å²) in [5, 5.41) is 0. The Balaban J connectivity index is 4.24. The van der Waals surface area contributed by atoms with Crippen molar-refractivity contribution in [3.63, 3.8) is 0 Å². The molecule has 1 amide bonds. The average Bonchev–Trinajstić information content (AvgIpc) is 1.81. The van der Waals surface area contributed by atoms with Crippen LogP contribution >= 0.6 is 0 Å². The van der Waals surface area contributed by atoms with Gasteiger partial charge >= 0.3 is 6.09 Å². The molecule has 0 heterocycles. The maximum absolute atomic E-state index is 10.6. The van der Waals surface area contributed by atoms with Crippen LogP contribution in [-0.2, 0) is 4.74 Å². The molecule has 0 rings (SSSR count). The second-order valence-electron chi connectivity index (χ2n) is 4.88. The van der Waals surface area contributed by atoms with Gasteiger partial charge in [0.15, 0.2) is 0 Å². The van der Waals surface area contributed by atoms with Gasteiger partial charge in [0.2, 0.25) is 0 Å². The molecule has 0 aliphatic carbocycles. The Labute approximate surface area is 80.6 Å². The van der Waals surface area contributed by atoms with Gasteiger partial charge in [-0.05, 0) is 25.7 Å². The van der Waals surface area contributed by atoms with E-state index in [0.29, 0.717) is 0 Å². The average molecular weight is 187 g/mol. The SMILES string of the molecule is CCC(C)(C)CC(C)(C)OC(N)=O. The molecule has 0 bridgehead atoms. The molecule has 0 aromatic rings.